The number of benzene rings is 1. The Morgan fingerprint density at radius 3 is 2.80 bits per heavy atom. The average Bonchev–Trinajstić information content (AvgIpc) is 2.87. The number of ether oxygens (including phenoxy) is 1. The van der Waals surface area contributed by atoms with Gasteiger partial charge in [0, 0.05) is 13.1 Å². The minimum Gasteiger partial charge on any atom is -0.415 e. The predicted octanol–water partition coefficient (Wildman–Crippen LogP) is 1.50. The number of hydrogen-bond donors (Lipinski definition) is 0. The van der Waals surface area contributed by atoms with Crippen molar-refractivity contribution < 1.29 is 19.2 Å². The fourth-order valence-corrected chi connectivity index (χ4v) is 3.31. The van der Waals surface area contributed by atoms with Crippen molar-refractivity contribution in [1.29, 1.82) is 5.26 Å². The maximum absolute atomic E-state index is 11.9. The van der Waals surface area contributed by atoms with E-state index in [0.717, 1.165) is 31.6 Å². The van der Waals surface area contributed by atoms with Gasteiger partial charge in [-0.1, -0.05) is 19.1 Å². The molecule has 0 radical (unpaired) electrons. The SMILES string of the molecule is CCN1CC=C(c2c3c4c(C#N)cccc4n2OC(=O)C(=O)O3)CC1. The first-order valence-corrected chi connectivity index (χ1v) is 8.07. The van der Waals surface area contributed by atoms with Gasteiger partial charge in [0.25, 0.3) is 0 Å². The van der Waals surface area contributed by atoms with Crippen LogP contribution >= 0.6 is 0 Å². The molecule has 0 saturated heterocycles. The van der Waals surface area contributed by atoms with Crippen LogP contribution in [0.4, 0.5) is 0 Å². The molecule has 0 unspecified atom stereocenters. The van der Waals surface area contributed by atoms with E-state index in [-0.39, 0.29) is 5.75 Å². The molecule has 0 spiro atoms. The molecule has 7 heteroatoms. The van der Waals surface area contributed by atoms with Crippen LogP contribution in [0.5, 0.6) is 5.75 Å². The summed E-state index contributed by atoms with van der Waals surface area (Å²) in [6.45, 7) is 4.66. The third-order valence-corrected chi connectivity index (χ3v) is 4.61. The lowest BCUT2D eigenvalue weighted by molar-refractivity contribution is -0.161. The van der Waals surface area contributed by atoms with Crippen LogP contribution in [0, 0.1) is 11.3 Å². The fourth-order valence-electron chi connectivity index (χ4n) is 3.31. The number of carbonyl (C=O) groups excluding carboxylic acids is 2. The number of fused-ring (bicyclic) bond motifs is 5. The maximum Gasteiger partial charge on any atom is 0.442 e. The summed E-state index contributed by atoms with van der Waals surface area (Å²) in [6.07, 6.45) is 2.77. The molecule has 2 aliphatic rings. The highest BCUT2D eigenvalue weighted by Gasteiger charge is 2.35. The van der Waals surface area contributed by atoms with Crippen LogP contribution in [-0.4, -0.2) is 41.2 Å². The van der Waals surface area contributed by atoms with Gasteiger partial charge >= 0.3 is 11.9 Å². The van der Waals surface area contributed by atoms with Crippen molar-refractivity contribution in [2.75, 3.05) is 19.6 Å². The fraction of sp³-hybridized carbons (Fsp3) is 0.278. The molecule has 1 aromatic heterocycles. The lowest BCUT2D eigenvalue weighted by Crippen LogP contribution is -2.30. The van der Waals surface area contributed by atoms with Crippen molar-refractivity contribution in [3.63, 3.8) is 0 Å². The molecule has 2 aromatic rings. The molecule has 2 aliphatic heterocycles. The van der Waals surface area contributed by atoms with E-state index in [9.17, 15) is 14.9 Å². The molecule has 0 amide bonds. The van der Waals surface area contributed by atoms with E-state index < -0.39 is 11.9 Å². The molecule has 1 aromatic carbocycles. The maximum atomic E-state index is 11.9. The van der Waals surface area contributed by atoms with Crippen LogP contribution in [0.1, 0.15) is 24.6 Å². The van der Waals surface area contributed by atoms with Gasteiger partial charge in [0.1, 0.15) is 5.69 Å². The van der Waals surface area contributed by atoms with E-state index in [1.54, 1.807) is 18.2 Å². The van der Waals surface area contributed by atoms with Crippen molar-refractivity contribution in [1.82, 2.24) is 9.63 Å². The topological polar surface area (TPSA) is 84.6 Å². The summed E-state index contributed by atoms with van der Waals surface area (Å²) >= 11 is 0. The van der Waals surface area contributed by atoms with Crippen LogP contribution in [0.2, 0.25) is 0 Å². The Morgan fingerprint density at radius 1 is 1.28 bits per heavy atom. The minimum atomic E-state index is -1.08. The van der Waals surface area contributed by atoms with Crippen molar-refractivity contribution in [3.05, 3.63) is 35.5 Å². The van der Waals surface area contributed by atoms with Gasteiger partial charge in [-0.25, -0.2) is 9.59 Å². The number of nitrogens with zero attached hydrogens (tertiary/aromatic N) is 3. The lowest BCUT2D eigenvalue weighted by Gasteiger charge is -2.25. The normalized spacial score (nSPS) is 17.5. The molecule has 7 nitrogen and oxygen atoms in total. The molecule has 0 atom stereocenters. The Hall–Kier alpha value is -3.11. The zero-order valence-electron chi connectivity index (χ0n) is 13.6. The Labute approximate surface area is 143 Å². The molecule has 0 fully saturated rings. The second-order valence-electron chi connectivity index (χ2n) is 5.92. The number of esters is 1. The molecule has 2 bridgehead atoms. The molecule has 25 heavy (non-hydrogen) atoms. The van der Waals surface area contributed by atoms with Crippen LogP contribution < -0.4 is 9.57 Å². The summed E-state index contributed by atoms with van der Waals surface area (Å²) in [7, 11) is 0. The van der Waals surface area contributed by atoms with E-state index in [2.05, 4.69) is 17.9 Å². The van der Waals surface area contributed by atoms with Crippen molar-refractivity contribution in [3.8, 4) is 11.8 Å². The standard InChI is InChI=1S/C18H15N3O4/c1-2-20-8-6-11(7-9-20)15-16-14-12(10-19)4-3-5-13(14)21(15)25-18(23)17(22)24-16/h3-6H,2,7-9H2,1H3. The van der Waals surface area contributed by atoms with E-state index in [1.165, 1.54) is 4.73 Å². The van der Waals surface area contributed by atoms with Gasteiger partial charge in [0.05, 0.1) is 22.5 Å². The summed E-state index contributed by atoms with van der Waals surface area (Å²) in [5.41, 5.74) is 2.36. The van der Waals surface area contributed by atoms with Crippen LogP contribution in [0.15, 0.2) is 24.3 Å². The third-order valence-electron chi connectivity index (χ3n) is 4.61. The van der Waals surface area contributed by atoms with E-state index >= 15 is 0 Å². The molecule has 4 rings (SSSR count). The van der Waals surface area contributed by atoms with E-state index in [1.807, 2.05) is 6.08 Å². The number of hydrogen-bond acceptors (Lipinski definition) is 6. The second kappa shape index (κ2) is 5.76. The van der Waals surface area contributed by atoms with Gasteiger partial charge in [0.2, 0.25) is 0 Å². The van der Waals surface area contributed by atoms with Gasteiger partial charge in [-0.2, -0.15) is 9.99 Å². The number of likely N-dealkylation sites (N-methyl/N-ethyl adjacent to an activating group) is 1. The zero-order chi connectivity index (χ0) is 17.6. The number of rotatable bonds is 2. The third kappa shape index (κ3) is 2.30. The smallest absolute Gasteiger partial charge is 0.415 e. The highest BCUT2D eigenvalue weighted by Crippen LogP contribution is 2.41. The van der Waals surface area contributed by atoms with Gasteiger partial charge in [-0.3, -0.25) is 4.90 Å². The predicted molar refractivity (Wildman–Crippen MR) is 88.6 cm³/mol. The monoisotopic (exact) mass is 337 g/mol. The number of aromatic nitrogens is 1. The van der Waals surface area contributed by atoms with E-state index in [0.29, 0.717) is 22.2 Å². The average molecular weight is 337 g/mol. The molecule has 3 heterocycles. The van der Waals surface area contributed by atoms with Crippen LogP contribution in [-0.2, 0) is 9.59 Å². The Kier molecular flexibility index (Phi) is 3.55. The van der Waals surface area contributed by atoms with Gasteiger partial charge < -0.3 is 9.57 Å². The Balaban J connectivity index is 1.99. The van der Waals surface area contributed by atoms with Crippen LogP contribution in [0.3, 0.4) is 0 Å². The first-order valence-electron chi connectivity index (χ1n) is 8.07. The highest BCUT2D eigenvalue weighted by molar-refractivity contribution is 6.31. The summed E-state index contributed by atoms with van der Waals surface area (Å²) in [4.78, 5) is 31.2. The first-order chi connectivity index (χ1) is 12.1. The van der Waals surface area contributed by atoms with Crippen molar-refractivity contribution >= 4 is 28.4 Å². The van der Waals surface area contributed by atoms with Gasteiger partial charge in [-0.15, -0.1) is 0 Å². The molecular formula is C18H15N3O4. The largest absolute Gasteiger partial charge is 0.442 e. The number of nitriles is 1. The van der Waals surface area contributed by atoms with Gasteiger partial charge in [0.15, 0.2) is 5.75 Å². The van der Waals surface area contributed by atoms with Crippen LogP contribution in [0.25, 0.3) is 16.5 Å². The van der Waals surface area contributed by atoms with E-state index in [4.69, 9.17) is 9.57 Å². The first kappa shape index (κ1) is 15.4. The number of carbonyl (C=O) groups is 2. The Bertz CT molecular complexity index is 980. The van der Waals surface area contributed by atoms with Gasteiger partial charge in [-0.05, 0) is 30.7 Å². The minimum absolute atomic E-state index is 0.221. The molecule has 126 valence electrons. The van der Waals surface area contributed by atoms with Crippen molar-refractivity contribution in [2.45, 2.75) is 13.3 Å². The summed E-state index contributed by atoms with van der Waals surface area (Å²) in [6, 6.07) is 7.19. The Morgan fingerprint density at radius 2 is 2.12 bits per heavy atom. The molecule has 0 aliphatic carbocycles. The lowest BCUT2D eigenvalue weighted by atomic mass is 10.0. The molecule has 0 saturated carbocycles. The highest BCUT2D eigenvalue weighted by atomic mass is 16.7. The zero-order valence-corrected chi connectivity index (χ0v) is 13.6. The summed E-state index contributed by atoms with van der Waals surface area (Å²) < 4.78 is 6.65. The molecule has 0 N–H and O–H groups in total. The quantitative estimate of drug-likeness (QED) is 0.610. The summed E-state index contributed by atoms with van der Waals surface area (Å²) in [5, 5.41) is 9.90. The summed E-state index contributed by atoms with van der Waals surface area (Å²) in [5.74, 6) is -1.94. The molecular weight excluding hydrogens is 322 g/mol. The van der Waals surface area contributed by atoms with Crippen molar-refractivity contribution in [2.24, 2.45) is 0 Å². The second-order valence-corrected chi connectivity index (χ2v) is 5.92.